The number of carbonyl (C=O) groups is 1. The number of amides is 1. The van der Waals surface area contributed by atoms with Gasteiger partial charge in [0, 0.05) is 23.3 Å². The van der Waals surface area contributed by atoms with Crippen LogP contribution in [0, 0.1) is 11.6 Å². The highest BCUT2D eigenvalue weighted by Gasteiger charge is 2.19. The number of halogens is 2. The monoisotopic (exact) mass is 420 g/mol. The molecular weight excluding hydrogens is 402 g/mol. The van der Waals surface area contributed by atoms with Crippen molar-refractivity contribution in [1.82, 2.24) is 4.98 Å². The predicted molar refractivity (Wildman–Crippen MR) is 115 cm³/mol. The molecule has 0 radical (unpaired) electrons. The third kappa shape index (κ3) is 4.60. The highest BCUT2D eigenvalue weighted by atomic mass is 32.1. The minimum absolute atomic E-state index is 0.0852. The van der Waals surface area contributed by atoms with E-state index < -0.39 is 11.6 Å². The first-order valence-electron chi connectivity index (χ1n) is 9.41. The first kappa shape index (κ1) is 19.9. The lowest BCUT2D eigenvalue weighted by molar-refractivity contribution is -0.116. The van der Waals surface area contributed by atoms with Gasteiger partial charge < -0.3 is 5.32 Å². The SMILES string of the molecule is O=C(CC(c1ccccc1)c1ccccc1)Nc1nc(-c2ccc(F)c(F)c2)cs1. The fourth-order valence-electron chi connectivity index (χ4n) is 3.27. The Kier molecular flexibility index (Phi) is 5.95. The molecule has 6 heteroatoms. The van der Waals surface area contributed by atoms with Crippen molar-refractivity contribution in [2.75, 3.05) is 5.32 Å². The Labute approximate surface area is 177 Å². The maximum absolute atomic E-state index is 13.5. The molecule has 0 saturated heterocycles. The second-order valence-corrected chi connectivity index (χ2v) is 7.65. The highest BCUT2D eigenvalue weighted by molar-refractivity contribution is 7.14. The number of rotatable bonds is 6. The highest BCUT2D eigenvalue weighted by Crippen LogP contribution is 2.30. The van der Waals surface area contributed by atoms with Gasteiger partial charge in [-0.15, -0.1) is 11.3 Å². The van der Waals surface area contributed by atoms with Crippen molar-refractivity contribution < 1.29 is 13.6 Å². The lowest BCUT2D eigenvalue weighted by Gasteiger charge is -2.17. The molecule has 0 atom stereocenters. The Morgan fingerprint density at radius 1 is 0.900 bits per heavy atom. The van der Waals surface area contributed by atoms with E-state index in [0.29, 0.717) is 16.4 Å². The van der Waals surface area contributed by atoms with Gasteiger partial charge in [-0.05, 0) is 29.3 Å². The molecule has 150 valence electrons. The van der Waals surface area contributed by atoms with Gasteiger partial charge in [0.2, 0.25) is 5.91 Å². The number of benzene rings is 3. The first-order chi connectivity index (χ1) is 14.6. The minimum atomic E-state index is -0.931. The van der Waals surface area contributed by atoms with Gasteiger partial charge in [-0.1, -0.05) is 60.7 Å². The van der Waals surface area contributed by atoms with Gasteiger partial charge in [0.1, 0.15) is 0 Å². The summed E-state index contributed by atoms with van der Waals surface area (Å²) in [5, 5.41) is 4.95. The Hall–Kier alpha value is -3.38. The molecular formula is C24H18F2N2OS. The Balaban J connectivity index is 1.50. The van der Waals surface area contributed by atoms with Crippen molar-refractivity contribution >= 4 is 22.4 Å². The molecule has 0 aliphatic rings. The van der Waals surface area contributed by atoms with Gasteiger partial charge >= 0.3 is 0 Å². The summed E-state index contributed by atoms with van der Waals surface area (Å²) in [5.41, 5.74) is 3.05. The second-order valence-electron chi connectivity index (χ2n) is 6.79. The molecule has 3 nitrogen and oxygen atoms in total. The molecule has 0 spiro atoms. The van der Waals surface area contributed by atoms with E-state index in [0.717, 1.165) is 23.3 Å². The first-order valence-corrected chi connectivity index (χ1v) is 10.3. The zero-order valence-electron chi connectivity index (χ0n) is 15.9. The van der Waals surface area contributed by atoms with Crippen LogP contribution in [0.4, 0.5) is 13.9 Å². The average Bonchev–Trinajstić information content (AvgIpc) is 3.23. The van der Waals surface area contributed by atoms with E-state index in [1.54, 1.807) is 5.38 Å². The molecule has 0 unspecified atom stereocenters. The molecule has 1 heterocycles. The number of hydrogen-bond donors (Lipinski definition) is 1. The third-order valence-corrected chi connectivity index (χ3v) is 5.52. The fraction of sp³-hybridized carbons (Fsp3) is 0.0833. The molecule has 0 aliphatic carbocycles. The number of nitrogens with zero attached hydrogens (tertiary/aromatic N) is 1. The number of carbonyl (C=O) groups excluding carboxylic acids is 1. The summed E-state index contributed by atoms with van der Waals surface area (Å²) < 4.78 is 26.6. The number of nitrogens with one attached hydrogen (secondary N) is 1. The number of anilines is 1. The maximum Gasteiger partial charge on any atom is 0.227 e. The van der Waals surface area contributed by atoms with E-state index in [9.17, 15) is 13.6 Å². The van der Waals surface area contributed by atoms with Crippen LogP contribution in [0.25, 0.3) is 11.3 Å². The van der Waals surface area contributed by atoms with Crippen molar-refractivity contribution in [2.45, 2.75) is 12.3 Å². The van der Waals surface area contributed by atoms with Gasteiger partial charge in [-0.25, -0.2) is 13.8 Å². The average molecular weight is 420 g/mol. The lowest BCUT2D eigenvalue weighted by atomic mass is 9.88. The molecule has 1 aromatic heterocycles. The predicted octanol–water partition coefficient (Wildman–Crippen LogP) is 6.25. The molecule has 0 aliphatic heterocycles. The number of thiazole rings is 1. The van der Waals surface area contributed by atoms with E-state index in [-0.39, 0.29) is 18.2 Å². The normalized spacial score (nSPS) is 10.9. The van der Waals surface area contributed by atoms with Crippen LogP contribution in [0.3, 0.4) is 0 Å². The van der Waals surface area contributed by atoms with Crippen LogP contribution in [0.1, 0.15) is 23.5 Å². The Bertz CT molecular complexity index is 1110. The van der Waals surface area contributed by atoms with Crippen molar-refractivity contribution in [1.29, 1.82) is 0 Å². The molecule has 4 aromatic rings. The van der Waals surface area contributed by atoms with E-state index in [4.69, 9.17) is 0 Å². The van der Waals surface area contributed by atoms with Gasteiger partial charge in [0.15, 0.2) is 16.8 Å². The molecule has 3 aromatic carbocycles. The number of hydrogen-bond acceptors (Lipinski definition) is 3. The second kappa shape index (κ2) is 8.97. The van der Waals surface area contributed by atoms with Crippen molar-refractivity contribution in [3.8, 4) is 11.3 Å². The van der Waals surface area contributed by atoms with Crippen molar-refractivity contribution in [3.05, 3.63) is 107 Å². The summed E-state index contributed by atoms with van der Waals surface area (Å²) in [4.78, 5) is 17.1. The standard InChI is InChI=1S/C24H18F2N2OS/c25-20-12-11-18(13-21(20)26)22-15-30-24(27-22)28-23(29)14-19(16-7-3-1-4-8-16)17-9-5-2-6-10-17/h1-13,15,19H,14H2,(H,27,28,29). The molecule has 0 fully saturated rings. The van der Waals surface area contributed by atoms with Crippen molar-refractivity contribution in [3.63, 3.8) is 0 Å². The van der Waals surface area contributed by atoms with E-state index in [1.807, 2.05) is 60.7 Å². The number of aromatic nitrogens is 1. The summed E-state index contributed by atoms with van der Waals surface area (Å²) in [6, 6.07) is 23.4. The molecule has 1 N–H and O–H groups in total. The van der Waals surface area contributed by atoms with E-state index in [2.05, 4.69) is 10.3 Å². The van der Waals surface area contributed by atoms with Gasteiger partial charge in [0.25, 0.3) is 0 Å². The minimum Gasteiger partial charge on any atom is -0.302 e. The molecule has 1 amide bonds. The summed E-state index contributed by atoms with van der Waals surface area (Å²) in [6.07, 6.45) is 0.258. The van der Waals surface area contributed by atoms with Crippen molar-refractivity contribution in [2.24, 2.45) is 0 Å². The van der Waals surface area contributed by atoms with Crippen LogP contribution in [-0.4, -0.2) is 10.9 Å². The quantitative estimate of drug-likeness (QED) is 0.401. The Morgan fingerprint density at radius 3 is 2.13 bits per heavy atom. The smallest absolute Gasteiger partial charge is 0.227 e. The maximum atomic E-state index is 13.5. The van der Waals surface area contributed by atoms with Crippen LogP contribution in [0.2, 0.25) is 0 Å². The lowest BCUT2D eigenvalue weighted by Crippen LogP contribution is -2.16. The van der Waals surface area contributed by atoms with Crippen LogP contribution in [0.15, 0.2) is 84.2 Å². The van der Waals surface area contributed by atoms with Crippen LogP contribution in [0.5, 0.6) is 0 Å². The zero-order valence-corrected chi connectivity index (χ0v) is 16.7. The van der Waals surface area contributed by atoms with Gasteiger partial charge in [-0.3, -0.25) is 4.79 Å². The summed E-state index contributed by atoms with van der Waals surface area (Å²) in [6.45, 7) is 0. The molecule has 0 saturated carbocycles. The van der Waals surface area contributed by atoms with Gasteiger partial charge in [0.05, 0.1) is 5.69 Å². The van der Waals surface area contributed by atoms with E-state index >= 15 is 0 Å². The van der Waals surface area contributed by atoms with E-state index in [1.165, 1.54) is 17.4 Å². The van der Waals surface area contributed by atoms with Crippen LogP contribution >= 0.6 is 11.3 Å². The molecule has 0 bridgehead atoms. The van der Waals surface area contributed by atoms with Crippen LogP contribution < -0.4 is 5.32 Å². The largest absolute Gasteiger partial charge is 0.302 e. The van der Waals surface area contributed by atoms with Crippen LogP contribution in [-0.2, 0) is 4.79 Å². The summed E-state index contributed by atoms with van der Waals surface area (Å²) >= 11 is 1.24. The summed E-state index contributed by atoms with van der Waals surface area (Å²) in [7, 11) is 0. The molecule has 4 rings (SSSR count). The Morgan fingerprint density at radius 2 is 1.53 bits per heavy atom. The summed E-state index contributed by atoms with van der Waals surface area (Å²) in [5.74, 6) is -2.09. The fourth-order valence-corrected chi connectivity index (χ4v) is 4.01. The zero-order chi connectivity index (χ0) is 20.9. The van der Waals surface area contributed by atoms with Gasteiger partial charge in [-0.2, -0.15) is 0 Å². The third-order valence-electron chi connectivity index (χ3n) is 4.76. The topological polar surface area (TPSA) is 42.0 Å². The molecule has 30 heavy (non-hydrogen) atoms.